The number of para-hydroxylation sites is 1. The number of carbonyl (C=O) groups is 2. The van der Waals surface area contributed by atoms with Gasteiger partial charge in [0.05, 0.1) is 18.1 Å². The number of rotatable bonds is 7. The van der Waals surface area contributed by atoms with E-state index in [1.54, 1.807) is 47.9 Å². The molecular weight excluding hydrogens is 430 g/mol. The van der Waals surface area contributed by atoms with Crippen LogP contribution in [0.25, 0.3) is 11.0 Å². The van der Waals surface area contributed by atoms with Crippen molar-refractivity contribution in [3.8, 4) is 5.75 Å². The average Bonchev–Trinajstić information content (AvgIpc) is 2.85. The van der Waals surface area contributed by atoms with E-state index in [1.807, 2.05) is 31.2 Å². The molecule has 0 saturated heterocycles. The maximum Gasteiger partial charge on any atom is 0.244 e. The van der Waals surface area contributed by atoms with Crippen molar-refractivity contribution in [2.24, 2.45) is 0 Å². The number of anilines is 1. The van der Waals surface area contributed by atoms with Gasteiger partial charge in [-0.3, -0.25) is 14.4 Å². The molecule has 0 saturated carbocycles. The van der Waals surface area contributed by atoms with Crippen LogP contribution in [0.1, 0.15) is 34.1 Å². The number of benzene rings is 2. The van der Waals surface area contributed by atoms with E-state index in [9.17, 15) is 14.4 Å². The molecule has 34 heavy (non-hydrogen) atoms. The highest BCUT2D eigenvalue weighted by Gasteiger charge is 2.19. The second kappa shape index (κ2) is 9.70. The second-order valence-corrected chi connectivity index (χ2v) is 7.94. The summed E-state index contributed by atoms with van der Waals surface area (Å²) in [6.07, 6.45) is 2.20. The van der Waals surface area contributed by atoms with Crippen molar-refractivity contribution >= 4 is 28.4 Å². The van der Waals surface area contributed by atoms with Crippen molar-refractivity contribution in [2.45, 2.75) is 26.8 Å². The van der Waals surface area contributed by atoms with Crippen molar-refractivity contribution in [2.75, 3.05) is 12.4 Å². The maximum absolute atomic E-state index is 13.3. The van der Waals surface area contributed by atoms with Gasteiger partial charge in [-0.25, -0.2) is 4.98 Å². The molecular formula is C27H25N3O4. The van der Waals surface area contributed by atoms with Crippen LogP contribution in [0.4, 0.5) is 5.69 Å². The lowest BCUT2D eigenvalue weighted by molar-refractivity contribution is -0.116. The van der Waals surface area contributed by atoms with E-state index >= 15 is 0 Å². The molecule has 2 heterocycles. The number of methoxy groups -OCH3 is 1. The van der Waals surface area contributed by atoms with Gasteiger partial charge >= 0.3 is 0 Å². The van der Waals surface area contributed by atoms with Gasteiger partial charge in [0.1, 0.15) is 17.9 Å². The molecule has 7 heteroatoms. The summed E-state index contributed by atoms with van der Waals surface area (Å²) in [6, 6.07) is 17.6. The Balaban J connectivity index is 1.77. The van der Waals surface area contributed by atoms with Crippen LogP contribution in [0, 0.1) is 6.92 Å². The summed E-state index contributed by atoms with van der Waals surface area (Å²) in [6.45, 7) is 3.72. The first kappa shape index (κ1) is 22.9. The number of ether oxygens (including phenoxy) is 1. The topological polar surface area (TPSA) is 90.3 Å². The highest BCUT2D eigenvalue weighted by atomic mass is 16.5. The van der Waals surface area contributed by atoms with Crippen LogP contribution >= 0.6 is 0 Å². The van der Waals surface area contributed by atoms with Gasteiger partial charge in [0, 0.05) is 23.1 Å². The molecule has 0 aliphatic rings. The molecule has 0 unspecified atom stereocenters. The van der Waals surface area contributed by atoms with E-state index in [0.717, 1.165) is 17.7 Å². The number of carbonyl (C=O) groups excluding carboxylic acids is 2. The Morgan fingerprint density at radius 2 is 1.85 bits per heavy atom. The number of aromatic nitrogens is 2. The highest BCUT2D eigenvalue weighted by Crippen LogP contribution is 2.19. The average molecular weight is 456 g/mol. The smallest absolute Gasteiger partial charge is 0.244 e. The van der Waals surface area contributed by atoms with E-state index < -0.39 is 11.2 Å². The zero-order chi connectivity index (χ0) is 24.2. The third-order valence-electron chi connectivity index (χ3n) is 5.62. The Bertz CT molecular complexity index is 1460. The lowest BCUT2D eigenvalue weighted by Crippen LogP contribution is -2.25. The maximum atomic E-state index is 13.3. The van der Waals surface area contributed by atoms with Gasteiger partial charge in [0.25, 0.3) is 0 Å². The van der Waals surface area contributed by atoms with E-state index in [1.165, 1.54) is 13.3 Å². The number of amides is 1. The number of hydrogen-bond donors (Lipinski definition) is 1. The predicted molar refractivity (Wildman–Crippen MR) is 132 cm³/mol. The van der Waals surface area contributed by atoms with Crippen molar-refractivity contribution in [3.63, 3.8) is 0 Å². The molecule has 0 radical (unpaired) electrons. The quantitative estimate of drug-likeness (QED) is 0.423. The van der Waals surface area contributed by atoms with E-state index in [0.29, 0.717) is 22.7 Å². The minimum Gasteiger partial charge on any atom is -0.497 e. The first-order valence-electron chi connectivity index (χ1n) is 11.0. The molecule has 0 bridgehead atoms. The van der Waals surface area contributed by atoms with Gasteiger partial charge in [-0.15, -0.1) is 0 Å². The third-order valence-corrected chi connectivity index (χ3v) is 5.62. The normalized spacial score (nSPS) is 10.8. The predicted octanol–water partition coefficient (Wildman–Crippen LogP) is 4.15. The molecule has 172 valence electrons. The Morgan fingerprint density at radius 1 is 1.06 bits per heavy atom. The minimum absolute atomic E-state index is 0.0341. The number of nitrogens with zero attached hydrogens (tertiary/aromatic N) is 2. The first-order valence-corrected chi connectivity index (χ1v) is 11.0. The van der Waals surface area contributed by atoms with Crippen LogP contribution in [0.5, 0.6) is 5.75 Å². The summed E-state index contributed by atoms with van der Waals surface area (Å²) in [4.78, 5) is 43.9. The SMILES string of the molecule is CCc1ccccc1NC(=O)Cn1cc(C(=O)c2cccc(OC)c2)c(=O)c2ccc(C)nc21. The van der Waals surface area contributed by atoms with Gasteiger partial charge in [-0.1, -0.05) is 37.3 Å². The number of nitrogens with one attached hydrogen (secondary N) is 1. The molecule has 1 amide bonds. The fourth-order valence-electron chi connectivity index (χ4n) is 3.86. The summed E-state index contributed by atoms with van der Waals surface area (Å²) in [7, 11) is 1.51. The lowest BCUT2D eigenvalue weighted by atomic mass is 10.0. The molecule has 0 aliphatic heterocycles. The number of aryl methyl sites for hydroxylation is 2. The van der Waals surface area contributed by atoms with Crippen molar-refractivity contribution in [1.82, 2.24) is 9.55 Å². The Morgan fingerprint density at radius 3 is 2.62 bits per heavy atom. The van der Waals surface area contributed by atoms with Gasteiger partial charge in [0.15, 0.2) is 5.78 Å². The van der Waals surface area contributed by atoms with E-state index in [-0.39, 0.29) is 23.4 Å². The summed E-state index contributed by atoms with van der Waals surface area (Å²) in [5, 5.41) is 3.21. The molecule has 0 atom stereocenters. The number of ketones is 1. The largest absolute Gasteiger partial charge is 0.497 e. The lowest BCUT2D eigenvalue weighted by Gasteiger charge is -2.14. The zero-order valence-corrected chi connectivity index (χ0v) is 19.3. The third kappa shape index (κ3) is 4.59. The Labute approximate surface area is 197 Å². The molecule has 2 aromatic heterocycles. The summed E-state index contributed by atoms with van der Waals surface area (Å²) < 4.78 is 6.76. The minimum atomic E-state index is -0.447. The number of fused-ring (bicyclic) bond motifs is 1. The molecule has 7 nitrogen and oxygen atoms in total. The number of pyridine rings is 2. The zero-order valence-electron chi connectivity index (χ0n) is 19.3. The Hall–Kier alpha value is -4.26. The van der Waals surface area contributed by atoms with Crippen LogP contribution in [-0.4, -0.2) is 28.4 Å². The number of hydrogen-bond acceptors (Lipinski definition) is 5. The van der Waals surface area contributed by atoms with Gasteiger partial charge in [0.2, 0.25) is 11.3 Å². The van der Waals surface area contributed by atoms with Crippen LogP contribution < -0.4 is 15.5 Å². The van der Waals surface area contributed by atoms with Gasteiger partial charge in [-0.05, 0) is 49.2 Å². The summed E-state index contributed by atoms with van der Waals surface area (Å²) in [5.74, 6) is -0.219. The standard InChI is InChI=1S/C27H25N3O4/c1-4-18-8-5-6-11-23(18)29-24(31)16-30-15-22(25(32)19-9-7-10-20(14-19)34-3)26(33)21-13-12-17(2)28-27(21)30/h5-15H,4,16H2,1-3H3,(H,29,31). The van der Waals surface area contributed by atoms with Crippen LogP contribution in [0.15, 0.2) is 71.7 Å². The first-order chi connectivity index (χ1) is 16.4. The van der Waals surface area contributed by atoms with Crippen LogP contribution in [0.2, 0.25) is 0 Å². The molecule has 2 aromatic carbocycles. The van der Waals surface area contributed by atoms with Crippen molar-refractivity contribution < 1.29 is 14.3 Å². The molecule has 1 N–H and O–H groups in total. The molecule has 0 spiro atoms. The molecule has 0 fully saturated rings. The van der Waals surface area contributed by atoms with Crippen molar-refractivity contribution in [3.05, 3.63) is 99.5 Å². The fraction of sp³-hybridized carbons (Fsp3) is 0.185. The van der Waals surface area contributed by atoms with Gasteiger partial charge < -0.3 is 14.6 Å². The fourth-order valence-corrected chi connectivity index (χ4v) is 3.86. The second-order valence-electron chi connectivity index (χ2n) is 7.94. The molecule has 4 aromatic rings. The van der Waals surface area contributed by atoms with Crippen molar-refractivity contribution in [1.29, 1.82) is 0 Å². The Kier molecular flexibility index (Phi) is 6.54. The summed E-state index contributed by atoms with van der Waals surface area (Å²) in [5.41, 5.74) is 2.66. The van der Waals surface area contributed by atoms with E-state index in [2.05, 4.69) is 10.3 Å². The monoisotopic (exact) mass is 455 g/mol. The summed E-state index contributed by atoms with van der Waals surface area (Å²) >= 11 is 0. The van der Waals surface area contributed by atoms with E-state index in [4.69, 9.17) is 4.74 Å². The molecule has 4 rings (SSSR count). The van der Waals surface area contributed by atoms with Crippen LogP contribution in [-0.2, 0) is 17.8 Å². The highest BCUT2D eigenvalue weighted by molar-refractivity contribution is 6.10. The van der Waals surface area contributed by atoms with Crippen LogP contribution in [0.3, 0.4) is 0 Å². The van der Waals surface area contributed by atoms with Gasteiger partial charge in [-0.2, -0.15) is 0 Å². The molecule has 0 aliphatic carbocycles.